The van der Waals surface area contributed by atoms with Gasteiger partial charge >= 0.3 is 20.4 Å². The molecule has 0 rings (SSSR count). The van der Waals surface area contributed by atoms with Crippen molar-refractivity contribution in [1.29, 1.82) is 0 Å². The molecule has 0 heterocycles. The van der Waals surface area contributed by atoms with Crippen molar-refractivity contribution in [2.24, 2.45) is 0 Å². The van der Waals surface area contributed by atoms with E-state index in [9.17, 15) is 0 Å². The molecule has 0 bridgehead atoms. The van der Waals surface area contributed by atoms with Crippen molar-refractivity contribution in [3.63, 3.8) is 0 Å². The molecule has 0 aromatic carbocycles. The van der Waals surface area contributed by atoms with Crippen molar-refractivity contribution in [2.75, 3.05) is 0 Å². The van der Waals surface area contributed by atoms with Gasteiger partial charge in [-0.1, -0.05) is 6.08 Å². The molecule has 0 spiro atoms. The second kappa shape index (κ2) is 9.98. The van der Waals surface area contributed by atoms with Gasteiger partial charge in [-0.05, 0) is 6.92 Å². The van der Waals surface area contributed by atoms with Crippen molar-refractivity contribution < 1.29 is 20.4 Å². The van der Waals surface area contributed by atoms with Crippen LogP contribution in [-0.2, 0) is 20.4 Å². The van der Waals surface area contributed by atoms with Crippen LogP contribution in [0.4, 0.5) is 0 Å². The van der Waals surface area contributed by atoms with E-state index < -0.39 is 0 Å². The van der Waals surface area contributed by atoms with E-state index in [1.807, 2.05) is 6.92 Å². The molecule has 1 heteroatoms. The Kier molecular flexibility index (Phi) is 22.0. The van der Waals surface area contributed by atoms with E-state index >= 15 is 0 Å². The van der Waals surface area contributed by atoms with Crippen molar-refractivity contribution in [2.45, 2.75) is 6.92 Å². The second-order valence-electron chi connectivity index (χ2n) is 0.408. The van der Waals surface area contributed by atoms with Crippen LogP contribution in [0.3, 0.4) is 0 Å². The molecule has 0 N–H and O–H groups in total. The van der Waals surface area contributed by atoms with Gasteiger partial charge in [-0.15, -0.1) is 6.58 Å². The van der Waals surface area contributed by atoms with Crippen LogP contribution in [0.15, 0.2) is 12.7 Å². The van der Waals surface area contributed by atoms with Crippen LogP contribution in [-0.4, -0.2) is 0 Å². The monoisotopic (exact) mass is 148 g/mol. The minimum Gasteiger partial charge on any atom is -0.103 e. The molecule has 0 saturated heterocycles. The molecule has 0 radical (unpaired) electrons. The predicted octanol–water partition coefficient (Wildman–Crippen LogP) is 1.19. The average molecular weight is 149 g/mol. The van der Waals surface area contributed by atoms with Crippen LogP contribution in [0.1, 0.15) is 6.92 Å². The summed E-state index contributed by atoms with van der Waals surface area (Å²) < 4.78 is 0. The summed E-state index contributed by atoms with van der Waals surface area (Å²) in [6, 6.07) is 0. The van der Waals surface area contributed by atoms with Crippen LogP contribution in [0, 0.1) is 0 Å². The SMILES string of the molecule is C=CC.[Pd+2]. The van der Waals surface area contributed by atoms with E-state index in [-0.39, 0.29) is 20.4 Å². The Morgan fingerprint density at radius 2 is 1.75 bits per heavy atom. The number of rotatable bonds is 0. The summed E-state index contributed by atoms with van der Waals surface area (Å²) in [7, 11) is 0. The van der Waals surface area contributed by atoms with E-state index in [2.05, 4.69) is 6.58 Å². The van der Waals surface area contributed by atoms with Gasteiger partial charge in [0, 0.05) is 0 Å². The van der Waals surface area contributed by atoms with Gasteiger partial charge in [0.1, 0.15) is 0 Å². The molecule has 26 valence electrons. The van der Waals surface area contributed by atoms with Crippen molar-refractivity contribution in [1.82, 2.24) is 0 Å². The molecule has 4 heavy (non-hydrogen) atoms. The van der Waals surface area contributed by atoms with Gasteiger partial charge in [0.05, 0.1) is 0 Å². The Labute approximate surface area is 40.6 Å². The van der Waals surface area contributed by atoms with Gasteiger partial charge in [-0.3, -0.25) is 0 Å². The third-order valence-corrected chi connectivity index (χ3v) is 0. The summed E-state index contributed by atoms with van der Waals surface area (Å²) in [5.41, 5.74) is 0. The fourth-order valence-corrected chi connectivity index (χ4v) is 0. The second-order valence-corrected chi connectivity index (χ2v) is 0.408. The molecular weight excluding hydrogens is 142 g/mol. The first-order valence-electron chi connectivity index (χ1n) is 0.986. The minimum atomic E-state index is 0. The first kappa shape index (κ1) is 8.83. The predicted molar refractivity (Wildman–Crippen MR) is 15.9 cm³/mol. The molecule has 0 aromatic heterocycles. The van der Waals surface area contributed by atoms with Crippen LogP contribution < -0.4 is 0 Å². The van der Waals surface area contributed by atoms with E-state index in [1.54, 1.807) is 6.08 Å². The third kappa shape index (κ3) is 29.2. The quantitative estimate of drug-likeness (QED) is 0.358. The van der Waals surface area contributed by atoms with Crippen LogP contribution in [0.25, 0.3) is 0 Å². The molecule has 0 amide bonds. The molecule has 0 aliphatic heterocycles. The largest absolute Gasteiger partial charge is 2.00 e. The molecule has 0 aromatic rings. The Bertz CT molecular complexity index is 10.8. The van der Waals surface area contributed by atoms with Crippen LogP contribution in [0.5, 0.6) is 0 Å². The number of hydrogen-bond acceptors (Lipinski definition) is 0. The van der Waals surface area contributed by atoms with Gasteiger partial charge in [0.25, 0.3) is 0 Å². The average Bonchev–Trinajstić information content (AvgIpc) is 0.918. The van der Waals surface area contributed by atoms with E-state index in [0.717, 1.165) is 0 Å². The molecule has 0 atom stereocenters. The summed E-state index contributed by atoms with van der Waals surface area (Å²) in [6.07, 6.45) is 1.75. The van der Waals surface area contributed by atoms with Crippen LogP contribution in [0.2, 0.25) is 0 Å². The smallest absolute Gasteiger partial charge is 0.103 e. The van der Waals surface area contributed by atoms with Crippen molar-refractivity contribution in [3.8, 4) is 0 Å². The molecule has 0 saturated carbocycles. The Morgan fingerprint density at radius 3 is 1.75 bits per heavy atom. The molecule has 0 fully saturated rings. The van der Waals surface area contributed by atoms with E-state index in [4.69, 9.17) is 0 Å². The van der Waals surface area contributed by atoms with Gasteiger partial charge < -0.3 is 0 Å². The Morgan fingerprint density at radius 1 is 1.75 bits per heavy atom. The zero-order valence-corrected chi connectivity index (χ0v) is 4.16. The maximum Gasteiger partial charge on any atom is 2.00 e. The molecule has 0 aliphatic rings. The number of allylic oxidation sites excluding steroid dienone is 1. The first-order chi connectivity index (χ1) is 1.41. The zero-order chi connectivity index (χ0) is 2.71. The zero-order valence-electron chi connectivity index (χ0n) is 2.60. The maximum atomic E-state index is 3.36. The third-order valence-electron chi connectivity index (χ3n) is 0. The fourth-order valence-electron chi connectivity index (χ4n) is 0. The van der Waals surface area contributed by atoms with E-state index in [0.29, 0.717) is 0 Å². The summed E-state index contributed by atoms with van der Waals surface area (Å²) in [6.45, 7) is 5.25. The van der Waals surface area contributed by atoms with Gasteiger partial charge in [-0.2, -0.15) is 0 Å². The Balaban J connectivity index is 0. The van der Waals surface area contributed by atoms with Gasteiger partial charge in [-0.25, -0.2) is 0 Å². The summed E-state index contributed by atoms with van der Waals surface area (Å²) in [5, 5.41) is 0. The maximum absolute atomic E-state index is 3.36. The minimum absolute atomic E-state index is 0. The molecule has 0 unspecified atom stereocenters. The first-order valence-corrected chi connectivity index (χ1v) is 0.986. The van der Waals surface area contributed by atoms with Crippen molar-refractivity contribution >= 4 is 0 Å². The summed E-state index contributed by atoms with van der Waals surface area (Å²) in [5.74, 6) is 0. The standard InChI is InChI=1S/C3H6.Pd/c1-3-2;/h3H,1H2,2H3;/q;+2. The number of hydrogen-bond donors (Lipinski definition) is 0. The van der Waals surface area contributed by atoms with Crippen molar-refractivity contribution in [3.05, 3.63) is 12.7 Å². The Hall–Kier alpha value is 0.402. The van der Waals surface area contributed by atoms with E-state index in [1.165, 1.54) is 0 Å². The topological polar surface area (TPSA) is 0 Å². The molecular formula is C3H6Pd+2. The van der Waals surface area contributed by atoms with Crippen LogP contribution >= 0.6 is 0 Å². The summed E-state index contributed by atoms with van der Waals surface area (Å²) >= 11 is 0. The summed E-state index contributed by atoms with van der Waals surface area (Å²) in [4.78, 5) is 0. The fraction of sp³-hybridized carbons (Fsp3) is 0.333. The van der Waals surface area contributed by atoms with Gasteiger partial charge in [0.2, 0.25) is 0 Å². The van der Waals surface area contributed by atoms with Gasteiger partial charge in [0.15, 0.2) is 0 Å². The molecule has 0 aliphatic carbocycles. The molecule has 0 nitrogen and oxygen atoms in total. The normalized spacial score (nSPS) is 3.25.